The number of pyridine rings is 1. The Bertz CT molecular complexity index is 1360. The zero-order chi connectivity index (χ0) is 20.7. The number of rotatable bonds is 4. The first-order valence-corrected chi connectivity index (χ1v) is 11.2. The van der Waals surface area contributed by atoms with Gasteiger partial charge in [0.05, 0.1) is 20.7 Å². The van der Waals surface area contributed by atoms with E-state index in [-0.39, 0.29) is 0 Å². The number of halogens is 3. The van der Waals surface area contributed by atoms with Crippen LogP contribution < -0.4 is 0 Å². The maximum Gasteiger partial charge on any atom is 0.137 e. The molecule has 0 saturated carbocycles. The van der Waals surface area contributed by atoms with Crippen LogP contribution >= 0.6 is 46.1 Å². The van der Waals surface area contributed by atoms with Crippen molar-refractivity contribution in [2.45, 2.75) is 6.42 Å². The normalized spacial score (nSPS) is 11.3. The second kappa shape index (κ2) is 8.05. The molecule has 0 saturated heterocycles. The summed E-state index contributed by atoms with van der Waals surface area (Å²) in [5.41, 5.74) is 5.67. The maximum absolute atomic E-state index is 6.16. The number of thiazole rings is 1. The molecule has 0 spiro atoms. The van der Waals surface area contributed by atoms with Crippen molar-refractivity contribution < 1.29 is 0 Å². The van der Waals surface area contributed by atoms with E-state index >= 15 is 0 Å². The van der Waals surface area contributed by atoms with Gasteiger partial charge < -0.3 is 0 Å². The van der Waals surface area contributed by atoms with Crippen LogP contribution in [0.2, 0.25) is 15.1 Å². The molecule has 0 bridgehead atoms. The molecule has 3 heterocycles. The fourth-order valence-electron chi connectivity index (χ4n) is 3.37. The Hall–Kier alpha value is -2.37. The van der Waals surface area contributed by atoms with Gasteiger partial charge in [0.25, 0.3) is 0 Å². The highest BCUT2D eigenvalue weighted by Gasteiger charge is 2.18. The first kappa shape index (κ1) is 19.6. The lowest BCUT2D eigenvalue weighted by atomic mass is 10.1. The molecule has 0 aliphatic carbocycles. The molecule has 30 heavy (non-hydrogen) atoms. The predicted octanol–water partition coefficient (Wildman–Crippen LogP) is 7.68. The van der Waals surface area contributed by atoms with Gasteiger partial charge in [-0.1, -0.05) is 59.1 Å². The molecule has 0 aliphatic heterocycles. The van der Waals surface area contributed by atoms with Crippen LogP contribution in [0, 0.1) is 0 Å². The van der Waals surface area contributed by atoms with Crippen molar-refractivity contribution in [3.8, 4) is 22.6 Å². The van der Waals surface area contributed by atoms with Crippen molar-refractivity contribution in [1.29, 1.82) is 0 Å². The fourth-order valence-corrected chi connectivity index (χ4v) is 4.63. The van der Waals surface area contributed by atoms with Crippen LogP contribution in [-0.2, 0) is 6.42 Å². The third kappa shape index (κ3) is 3.72. The summed E-state index contributed by atoms with van der Waals surface area (Å²) in [7, 11) is 0. The molecule has 0 N–H and O–H groups in total. The van der Waals surface area contributed by atoms with Gasteiger partial charge in [0.2, 0.25) is 0 Å². The molecule has 0 aliphatic rings. The van der Waals surface area contributed by atoms with Gasteiger partial charge in [-0.3, -0.25) is 4.40 Å². The monoisotopic (exact) mass is 469 g/mol. The van der Waals surface area contributed by atoms with Gasteiger partial charge >= 0.3 is 0 Å². The summed E-state index contributed by atoms with van der Waals surface area (Å²) in [6.45, 7) is 0. The minimum atomic E-state index is 0.553. The molecule has 3 aromatic heterocycles. The smallest absolute Gasteiger partial charge is 0.137 e. The highest BCUT2D eigenvalue weighted by Crippen LogP contribution is 2.34. The number of aromatic nitrogens is 3. The highest BCUT2D eigenvalue weighted by atomic mass is 35.5. The average Bonchev–Trinajstić information content (AvgIpc) is 3.35. The van der Waals surface area contributed by atoms with Crippen LogP contribution in [0.3, 0.4) is 0 Å². The van der Waals surface area contributed by atoms with E-state index in [2.05, 4.69) is 9.78 Å². The Labute approximate surface area is 192 Å². The third-order valence-electron chi connectivity index (χ3n) is 4.78. The summed E-state index contributed by atoms with van der Waals surface area (Å²) in [6.07, 6.45) is 2.70. The number of hydrogen-bond acceptors (Lipinski definition) is 3. The van der Waals surface area contributed by atoms with E-state index in [9.17, 15) is 0 Å². The minimum absolute atomic E-state index is 0.553. The zero-order valence-corrected chi connectivity index (χ0v) is 18.6. The van der Waals surface area contributed by atoms with E-state index < -0.39 is 0 Å². The Balaban J connectivity index is 1.58. The largest absolute Gasteiger partial charge is 0.298 e. The third-order valence-corrected chi connectivity index (χ3v) is 6.62. The summed E-state index contributed by atoms with van der Waals surface area (Å²) >= 11 is 19.9. The Morgan fingerprint density at radius 1 is 0.867 bits per heavy atom. The lowest BCUT2D eigenvalue weighted by Gasteiger charge is -2.03. The molecule has 0 radical (unpaired) electrons. The lowest BCUT2D eigenvalue weighted by Crippen LogP contribution is -1.92. The average molecular weight is 471 g/mol. The van der Waals surface area contributed by atoms with Crippen LogP contribution in [0.25, 0.3) is 28.3 Å². The maximum atomic E-state index is 6.16. The van der Waals surface area contributed by atoms with E-state index in [1.807, 2.05) is 66.9 Å². The van der Waals surface area contributed by atoms with E-state index in [0.29, 0.717) is 21.5 Å². The molecule has 0 amide bonds. The van der Waals surface area contributed by atoms with Gasteiger partial charge in [-0.2, -0.15) is 0 Å². The quantitative estimate of drug-likeness (QED) is 0.270. The van der Waals surface area contributed by atoms with Crippen molar-refractivity contribution in [1.82, 2.24) is 14.4 Å². The molecule has 5 aromatic rings. The van der Waals surface area contributed by atoms with Crippen molar-refractivity contribution >= 4 is 51.8 Å². The fraction of sp³-hybridized carbons (Fsp3) is 0.0435. The number of nitrogens with zero attached hydrogens (tertiary/aromatic N) is 3. The summed E-state index contributed by atoms with van der Waals surface area (Å²) in [5.74, 6) is 0. The number of benzene rings is 2. The van der Waals surface area contributed by atoms with Gasteiger partial charge in [0.1, 0.15) is 17.0 Å². The molecule has 3 nitrogen and oxygen atoms in total. The van der Waals surface area contributed by atoms with Crippen LogP contribution in [0.1, 0.15) is 10.6 Å². The van der Waals surface area contributed by atoms with Gasteiger partial charge in [-0.15, -0.1) is 11.3 Å². The summed E-state index contributed by atoms with van der Waals surface area (Å²) in [6, 6.07) is 19.4. The van der Waals surface area contributed by atoms with Gasteiger partial charge in [-0.05, 0) is 42.0 Å². The van der Waals surface area contributed by atoms with E-state index in [1.165, 1.54) is 0 Å². The van der Waals surface area contributed by atoms with E-state index in [0.717, 1.165) is 38.9 Å². The van der Waals surface area contributed by atoms with Crippen molar-refractivity contribution in [2.75, 3.05) is 0 Å². The number of fused-ring (bicyclic) bond motifs is 1. The summed E-state index contributed by atoms with van der Waals surface area (Å²) in [5, 5.41) is 4.87. The van der Waals surface area contributed by atoms with Gasteiger partial charge in [0, 0.05) is 28.6 Å². The minimum Gasteiger partial charge on any atom is -0.298 e. The van der Waals surface area contributed by atoms with Crippen LogP contribution in [0.5, 0.6) is 0 Å². The molecule has 0 unspecified atom stereocenters. The van der Waals surface area contributed by atoms with Gasteiger partial charge in [-0.25, -0.2) is 9.97 Å². The number of hydrogen-bond donors (Lipinski definition) is 0. The predicted molar refractivity (Wildman–Crippen MR) is 126 cm³/mol. The Morgan fingerprint density at radius 2 is 1.70 bits per heavy atom. The van der Waals surface area contributed by atoms with Crippen LogP contribution in [0.4, 0.5) is 0 Å². The molecule has 0 atom stereocenters. The zero-order valence-electron chi connectivity index (χ0n) is 15.5. The van der Waals surface area contributed by atoms with Crippen LogP contribution in [-0.4, -0.2) is 14.4 Å². The van der Waals surface area contributed by atoms with Gasteiger partial charge in [0.15, 0.2) is 0 Å². The first-order chi connectivity index (χ1) is 14.6. The molecular weight excluding hydrogens is 457 g/mol. The molecule has 148 valence electrons. The van der Waals surface area contributed by atoms with Crippen LogP contribution in [0.15, 0.2) is 72.2 Å². The topological polar surface area (TPSA) is 30.2 Å². The summed E-state index contributed by atoms with van der Waals surface area (Å²) in [4.78, 5) is 9.77. The van der Waals surface area contributed by atoms with Crippen molar-refractivity contribution in [2.24, 2.45) is 0 Å². The second-order valence-corrected chi connectivity index (χ2v) is 8.99. The molecule has 0 fully saturated rings. The summed E-state index contributed by atoms with van der Waals surface area (Å²) < 4.78 is 2.07. The second-order valence-electron chi connectivity index (χ2n) is 6.80. The Kier molecular flexibility index (Phi) is 5.25. The molecule has 7 heteroatoms. The van der Waals surface area contributed by atoms with E-state index in [1.54, 1.807) is 11.3 Å². The first-order valence-electron chi connectivity index (χ1n) is 9.20. The number of imidazole rings is 1. The molecule has 2 aromatic carbocycles. The SMILES string of the molecule is Clc1ccc(-c2nc3ccccn3c2-c2csc(Cc3ccc(Cl)c(Cl)c3)n2)cc1. The van der Waals surface area contributed by atoms with Crippen molar-refractivity contribution in [3.63, 3.8) is 0 Å². The molecule has 5 rings (SSSR count). The highest BCUT2D eigenvalue weighted by molar-refractivity contribution is 7.10. The molecular formula is C23H14Cl3N3S. The Morgan fingerprint density at radius 3 is 2.50 bits per heavy atom. The van der Waals surface area contributed by atoms with E-state index in [4.69, 9.17) is 44.8 Å². The van der Waals surface area contributed by atoms with Crippen molar-refractivity contribution in [3.05, 3.63) is 97.9 Å². The standard InChI is InChI=1S/C23H14Cl3N3S/c24-16-7-5-15(6-8-16)22-23(29-10-2-1-3-20(29)28-22)19-13-30-21(27-19)12-14-4-9-17(25)18(26)11-14/h1-11,13H,12H2. The lowest BCUT2D eigenvalue weighted by molar-refractivity contribution is 1.12.